The molecule has 1 aromatic carbocycles. The number of nitrogens with zero attached hydrogens (tertiary/aromatic N) is 2. The lowest BCUT2D eigenvalue weighted by molar-refractivity contribution is 0.298. The van der Waals surface area contributed by atoms with Crippen molar-refractivity contribution in [1.82, 2.24) is 14.9 Å². The molecule has 0 unspecified atom stereocenters. The lowest BCUT2D eigenvalue weighted by Gasteiger charge is -2.13. The monoisotopic (exact) mass is 305 g/mol. The molecule has 1 aliphatic rings. The number of hydrogen-bond donors (Lipinski definition) is 1. The first-order chi connectivity index (χ1) is 10.3. The first-order valence-corrected chi connectivity index (χ1v) is 7.79. The van der Waals surface area contributed by atoms with Crippen molar-refractivity contribution < 1.29 is 4.74 Å². The van der Waals surface area contributed by atoms with E-state index in [1.54, 1.807) is 6.20 Å². The van der Waals surface area contributed by atoms with E-state index in [9.17, 15) is 0 Å². The van der Waals surface area contributed by atoms with Gasteiger partial charge in [-0.05, 0) is 37.5 Å². The number of ether oxygens (including phenoxy) is 1. The Morgan fingerprint density at radius 1 is 1.38 bits per heavy atom. The van der Waals surface area contributed by atoms with Crippen molar-refractivity contribution in [3.8, 4) is 5.75 Å². The number of hydrogen-bond acceptors (Lipinski definition) is 3. The quantitative estimate of drug-likeness (QED) is 0.761. The molecule has 2 aromatic rings. The Kier molecular flexibility index (Phi) is 4.78. The second-order valence-corrected chi connectivity index (χ2v) is 5.85. The van der Waals surface area contributed by atoms with E-state index in [-0.39, 0.29) is 0 Å². The SMILES string of the molecule is Clc1ccc(OCCCn2ccnc2)c(CNC2CC2)c1. The minimum absolute atomic E-state index is 0.679. The molecule has 1 heterocycles. The Bertz CT molecular complexity index is 567. The van der Waals surface area contributed by atoms with Gasteiger partial charge in [0.2, 0.25) is 0 Å². The van der Waals surface area contributed by atoms with Crippen LogP contribution >= 0.6 is 11.6 Å². The summed E-state index contributed by atoms with van der Waals surface area (Å²) in [6.07, 6.45) is 9.10. The maximum atomic E-state index is 6.08. The van der Waals surface area contributed by atoms with Crippen molar-refractivity contribution in [3.63, 3.8) is 0 Å². The van der Waals surface area contributed by atoms with Gasteiger partial charge in [0.25, 0.3) is 0 Å². The zero-order valence-electron chi connectivity index (χ0n) is 12.0. The van der Waals surface area contributed by atoms with Crippen molar-refractivity contribution in [2.45, 2.75) is 38.4 Å². The molecule has 0 saturated heterocycles. The van der Waals surface area contributed by atoms with Gasteiger partial charge < -0.3 is 14.6 Å². The third kappa shape index (κ3) is 4.48. The number of imidazole rings is 1. The van der Waals surface area contributed by atoms with Crippen LogP contribution in [0.5, 0.6) is 5.75 Å². The molecule has 112 valence electrons. The zero-order chi connectivity index (χ0) is 14.5. The lowest BCUT2D eigenvalue weighted by Crippen LogP contribution is -2.16. The molecule has 0 spiro atoms. The summed E-state index contributed by atoms with van der Waals surface area (Å²) < 4.78 is 7.97. The molecule has 1 fully saturated rings. The van der Waals surface area contributed by atoms with Gasteiger partial charge in [0.15, 0.2) is 0 Å². The first kappa shape index (κ1) is 14.4. The summed E-state index contributed by atoms with van der Waals surface area (Å²) >= 11 is 6.08. The third-order valence-electron chi connectivity index (χ3n) is 3.56. The normalized spacial score (nSPS) is 14.3. The van der Waals surface area contributed by atoms with E-state index in [0.717, 1.165) is 35.8 Å². The highest BCUT2D eigenvalue weighted by Crippen LogP contribution is 2.25. The van der Waals surface area contributed by atoms with Crippen LogP contribution in [0.4, 0.5) is 0 Å². The van der Waals surface area contributed by atoms with Crippen LogP contribution in [0, 0.1) is 0 Å². The molecule has 21 heavy (non-hydrogen) atoms. The summed E-state index contributed by atoms with van der Waals surface area (Å²) in [6, 6.07) is 6.51. The Balaban J connectivity index is 1.50. The average Bonchev–Trinajstić information content (AvgIpc) is 3.17. The molecule has 1 aromatic heterocycles. The molecule has 4 nitrogen and oxygen atoms in total. The highest BCUT2D eigenvalue weighted by Gasteiger charge is 2.20. The van der Waals surface area contributed by atoms with Gasteiger partial charge in [0.05, 0.1) is 12.9 Å². The smallest absolute Gasteiger partial charge is 0.123 e. The highest BCUT2D eigenvalue weighted by molar-refractivity contribution is 6.30. The van der Waals surface area contributed by atoms with Gasteiger partial charge in [0, 0.05) is 42.1 Å². The predicted molar refractivity (Wildman–Crippen MR) is 83.7 cm³/mol. The van der Waals surface area contributed by atoms with Crippen LogP contribution in [0.3, 0.4) is 0 Å². The van der Waals surface area contributed by atoms with Crippen molar-refractivity contribution in [2.24, 2.45) is 0 Å². The molecule has 1 N–H and O–H groups in total. The van der Waals surface area contributed by atoms with E-state index >= 15 is 0 Å². The van der Waals surface area contributed by atoms with Crippen LogP contribution in [0.2, 0.25) is 5.02 Å². The molecule has 1 aliphatic carbocycles. The number of halogens is 1. The molecule has 0 atom stereocenters. The van der Waals surface area contributed by atoms with Crippen molar-refractivity contribution >= 4 is 11.6 Å². The van der Waals surface area contributed by atoms with Gasteiger partial charge in [-0.3, -0.25) is 0 Å². The van der Waals surface area contributed by atoms with Crippen molar-refractivity contribution in [2.75, 3.05) is 6.61 Å². The summed E-state index contributed by atoms with van der Waals surface area (Å²) in [5.74, 6) is 0.929. The lowest BCUT2D eigenvalue weighted by atomic mass is 10.2. The van der Waals surface area contributed by atoms with Gasteiger partial charge in [-0.15, -0.1) is 0 Å². The first-order valence-electron chi connectivity index (χ1n) is 7.41. The molecule has 0 aliphatic heterocycles. The van der Waals surface area contributed by atoms with E-state index < -0.39 is 0 Å². The van der Waals surface area contributed by atoms with Crippen molar-refractivity contribution in [1.29, 1.82) is 0 Å². The van der Waals surface area contributed by atoms with Crippen LogP contribution < -0.4 is 10.1 Å². The van der Waals surface area contributed by atoms with Crippen LogP contribution in [0.15, 0.2) is 36.9 Å². The van der Waals surface area contributed by atoms with Gasteiger partial charge in [-0.25, -0.2) is 4.98 Å². The minimum Gasteiger partial charge on any atom is -0.493 e. The van der Waals surface area contributed by atoms with Gasteiger partial charge in [-0.1, -0.05) is 11.6 Å². The molecular formula is C16H20ClN3O. The summed E-state index contributed by atoms with van der Waals surface area (Å²) in [4.78, 5) is 4.03. The molecule has 0 amide bonds. The highest BCUT2D eigenvalue weighted by atomic mass is 35.5. The second-order valence-electron chi connectivity index (χ2n) is 5.41. The molecule has 3 rings (SSSR count). The number of rotatable bonds is 8. The number of aryl methyl sites for hydroxylation is 1. The Labute approximate surface area is 130 Å². The third-order valence-corrected chi connectivity index (χ3v) is 3.79. The Hall–Kier alpha value is -1.52. The Morgan fingerprint density at radius 3 is 3.05 bits per heavy atom. The van der Waals surface area contributed by atoms with E-state index in [1.807, 2.05) is 30.7 Å². The molecule has 1 saturated carbocycles. The maximum absolute atomic E-state index is 6.08. The van der Waals surface area contributed by atoms with Gasteiger partial charge >= 0.3 is 0 Å². The minimum atomic E-state index is 0.679. The molecular weight excluding hydrogens is 286 g/mol. The van der Waals surface area contributed by atoms with Crippen LogP contribution in [0.25, 0.3) is 0 Å². The Morgan fingerprint density at radius 2 is 2.29 bits per heavy atom. The van der Waals surface area contributed by atoms with Crippen LogP contribution in [-0.4, -0.2) is 22.2 Å². The fraction of sp³-hybridized carbons (Fsp3) is 0.438. The summed E-state index contributed by atoms with van der Waals surface area (Å²) in [7, 11) is 0. The zero-order valence-corrected chi connectivity index (χ0v) is 12.7. The standard InChI is InChI=1S/C16H20ClN3O/c17-14-2-5-16(13(10-14)11-19-15-3-4-15)21-9-1-7-20-8-6-18-12-20/h2,5-6,8,10,12,15,19H,1,3-4,7,9,11H2. The van der Waals surface area contributed by atoms with Gasteiger partial charge in [-0.2, -0.15) is 0 Å². The molecule has 0 bridgehead atoms. The maximum Gasteiger partial charge on any atom is 0.123 e. The van der Waals surface area contributed by atoms with Crippen molar-refractivity contribution in [3.05, 3.63) is 47.5 Å². The molecule has 0 radical (unpaired) electrons. The fourth-order valence-electron chi connectivity index (χ4n) is 2.22. The fourth-order valence-corrected chi connectivity index (χ4v) is 2.41. The number of benzene rings is 1. The number of aromatic nitrogens is 2. The largest absolute Gasteiger partial charge is 0.493 e. The summed E-state index contributed by atoms with van der Waals surface area (Å²) in [6.45, 7) is 2.43. The second kappa shape index (κ2) is 6.96. The van der Waals surface area contributed by atoms with E-state index in [1.165, 1.54) is 12.8 Å². The predicted octanol–water partition coefficient (Wildman–Crippen LogP) is 3.26. The van der Waals surface area contributed by atoms with Gasteiger partial charge in [0.1, 0.15) is 5.75 Å². The molecule has 5 heteroatoms. The van der Waals surface area contributed by atoms with E-state index in [0.29, 0.717) is 12.6 Å². The number of nitrogens with one attached hydrogen (secondary N) is 1. The average molecular weight is 306 g/mol. The summed E-state index contributed by atoms with van der Waals surface area (Å²) in [5.41, 5.74) is 1.14. The topological polar surface area (TPSA) is 39.1 Å². The van der Waals surface area contributed by atoms with Crippen LogP contribution in [-0.2, 0) is 13.1 Å². The van der Waals surface area contributed by atoms with Crippen LogP contribution in [0.1, 0.15) is 24.8 Å². The van der Waals surface area contributed by atoms with E-state index in [4.69, 9.17) is 16.3 Å². The van der Waals surface area contributed by atoms with E-state index in [2.05, 4.69) is 14.9 Å². The summed E-state index contributed by atoms with van der Waals surface area (Å²) in [5, 5.41) is 4.26.